The predicted molar refractivity (Wildman–Crippen MR) is 105 cm³/mol. The molecule has 0 saturated carbocycles. The Labute approximate surface area is 168 Å². The number of aryl methyl sites for hydroxylation is 3. The number of nitrogens with one attached hydrogen (secondary N) is 1. The first kappa shape index (κ1) is 20.3. The van der Waals surface area contributed by atoms with Crippen LogP contribution in [0.15, 0.2) is 6.20 Å². The largest absolute Gasteiger partial charge is 0.378 e. The van der Waals surface area contributed by atoms with Crippen LogP contribution in [0.2, 0.25) is 5.02 Å². The molecule has 1 aliphatic rings. The highest BCUT2D eigenvalue weighted by molar-refractivity contribution is 6.31. The Morgan fingerprint density at radius 1 is 1.25 bits per heavy atom. The van der Waals surface area contributed by atoms with Gasteiger partial charge in [-0.15, -0.1) is 0 Å². The Balaban J connectivity index is 1.69. The van der Waals surface area contributed by atoms with E-state index in [0.29, 0.717) is 55.8 Å². The standard InChI is InChI=1S/C18H25ClN6O3/c1-4-24-17(18(27)23-7-9-28-10-8-23)14(11-20-24)21-15(26)5-6-25-13(3)16(19)12(2)22-25/h11H,4-10H2,1-3H3,(H,21,26). The molecule has 2 amide bonds. The van der Waals surface area contributed by atoms with Gasteiger partial charge in [0.25, 0.3) is 5.91 Å². The van der Waals surface area contributed by atoms with Gasteiger partial charge in [0.1, 0.15) is 5.69 Å². The first-order valence-electron chi connectivity index (χ1n) is 9.34. The number of hydrogen-bond donors (Lipinski definition) is 1. The number of carbonyl (C=O) groups is 2. The van der Waals surface area contributed by atoms with Crippen molar-refractivity contribution in [3.8, 4) is 0 Å². The summed E-state index contributed by atoms with van der Waals surface area (Å²) in [6, 6.07) is 0. The molecule has 3 heterocycles. The normalized spacial score (nSPS) is 14.4. The van der Waals surface area contributed by atoms with Gasteiger partial charge in [-0.1, -0.05) is 11.6 Å². The highest BCUT2D eigenvalue weighted by Gasteiger charge is 2.26. The average Bonchev–Trinajstić information content (AvgIpc) is 3.22. The zero-order chi connectivity index (χ0) is 20.3. The number of rotatable bonds is 6. The molecule has 3 rings (SSSR count). The maximum absolute atomic E-state index is 12.9. The average molecular weight is 409 g/mol. The fourth-order valence-electron chi connectivity index (χ4n) is 3.17. The number of halogens is 1. The van der Waals surface area contributed by atoms with Gasteiger partial charge in [0, 0.05) is 26.1 Å². The first-order valence-corrected chi connectivity index (χ1v) is 9.72. The van der Waals surface area contributed by atoms with Crippen molar-refractivity contribution in [1.29, 1.82) is 0 Å². The van der Waals surface area contributed by atoms with Crippen molar-refractivity contribution in [1.82, 2.24) is 24.5 Å². The number of morpholine rings is 1. The zero-order valence-corrected chi connectivity index (χ0v) is 17.1. The smallest absolute Gasteiger partial charge is 0.274 e. The van der Waals surface area contributed by atoms with Crippen LogP contribution in [-0.4, -0.2) is 62.6 Å². The monoisotopic (exact) mass is 408 g/mol. The molecule has 0 bridgehead atoms. The number of ether oxygens (including phenoxy) is 1. The van der Waals surface area contributed by atoms with Crippen LogP contribution in [0, 0.1) is 13.8 Å². The topological polar surface area (TPSA) is 94.3 Å². The van der Waals surface area contributed by atoms with E-state index in [1.54, 1.807) is 14.3 Å². The van der Waals surface area contributed by atoms with E-state index in [-0.39, 0.29) is 18.2 Å². The molecule has 2 aromatic heterocycles. The van der Waals surface area contributed by atoms with E-state index < -0.39 is 0 Å². The van der Waals surface area contributed by atoms with Gasteiger partial charge in [0.2, 0.25) is 5.91 Å². The van der Waals surface area contributed by atoms with Crippen molar-refractivity contribution in [3.05, 3.63) is 28.3 Å². The molecule has 0 radical (unpaired) electrons. The maximum atomic E-state index is 12.9. The second-order valence-corrected chi connectivity index (χ2v) is 7.01. The number of anilines is 1. The summed E-state index contributed by atoms with van der Waals surface area (Å²) < 4.78 is 8.63. The lowest BCUT2D eigenvalue weighted by molar-refractivity contribution is -0.116. The summed E-state index contributed by atoms with van der Waals surface area (Å²) >= 11 is 6.15. The Kier molecular flexibility index (Phi) is 6.35. The van der Waals surface area contributed by atoms with Gasteiger partial charge in [-0.3, -0.25) is 19.0 Å². The van der Waals surface area contributed by atoms with E-state index in [2.05, 4.69) is 15.5 Å². The molecule has 0 unspecified atom stereocenters. The minimum atomic E-state index is -0.213. The van der Waals surface area contributed by atoms with Crippen LogP contribution < -0.4 is 5.32 Å². The molecule has 0 atom stereocenters. The fourth-order valence-corrected chi connectivity index (χ4v) is 3.31. The Morgan fingerprint density at radius 3 is 2.57 bits per heavy atom. The van der Waals surface area contributed by atoms with Crippen LogP contribution in [0.1, 0.15) is 35.2 Å². The van der Waals surface area contributed by atoms with Gasteiger partial charge in [-0.2, -0.15) is 10.2 Å². The highest BCUT2D eigenvalue weighted by Crippen LogP contribution is 2.20. The summed E-state index contributed by atoms with van der Waals surface area (Å²) in [4.78, 5) is 27.1. The van der Waals surface area contributed by atoms with Crippen molar-refractivity contribution in [2.45, 2.75) is 40.3 Å². The van der Waals surface area contributed by atoms with Crippen LogP contribution in [0.4, 0.5) is 5.69 Å². The summed E-state index contributed by atoms with van der Waals surface area (Å²) in [6.45, 7) is 8.61. The number of nitrogens with zero attached hydrogens (tertiary/aromatic N) is 5. The van der Waals surface area contributed by atoms with Gasteiger partial charge in [-0.05, 0) is 20.8 Å². The maximum Gasteiger partial charge on any atom is 0.274 e. The van der Waals surface area contributed by atoms with Gasteiger partial charge in [-0.25, -0.2) is 0 Å². The van der Waals surface area contributed by atoms with Crippen LogP contribution >= 0.6 is 11.6 Å². The van der Waals surface area contributed by atoms with E-state index in [9.17, 15) is 9.59 Å². The molecule has 1 N–H and O–H groups in total. The van der Waals surface area contributed by atoms with Gasteiger partial charge in [0.05, 0.1) is 48.1 Å². The quantitative estimate of drug-likeness (QED) is 0.787. The molecule has 0 aliphatic carbocycles. The second-order valence-electron chi connectivity index (χ2n) is 6.63. The lowest BCUT2D eigenvalue weighted by Gasteiger charge is -2.27. The SMILES string of the molecule is CCn1ncc(NC(=O)CCn2nc(C)c(Cl)c2C)c1C(=O)N1CCOCC1. The summed E-state index contributed by atoms with van der Waals surface area (Å²) in [7, 11) is 0. The van der Waals surface area contributed by atoms with Crippen molar-refractivity contribution in [2.24, 2.45) is 0 Å². The van der Waals surface area contributed by atoms with Crippen LogP contribution in [-0.2, 0) is 22.6 Å². The minimum Gasteiger partial charge on any atom is -0.378 e. The Bertz CT molecular complexity index is 869. The van der Waals surface area contributed by atoms with E-state index in [1.807, 2.05) is 20.8 Å². The number of hydrogen-bond acceptors (Lipinski definition) is 5. The van der Waals surface area contributed by atoms with E-state index >= 15 is 0 Å². The summed E-state index contributed by atoms with van der Waals surface area (Å²) in [5, 5.41) is 12.0. The highest BCUT2D eigenvalue weighted by atomic mass is 35.5. The van der Waals surface area contributed by atoms with Crippen LogP contribution in [0.25, 0.3) is 0 Å². The van der Waals surface area contributed by atoms with Crippen molar-refractivity contribution in [2.75, 3.05) is 31.6 Å². The molecule has 9 nitrogen and oxygen atoms in total. The molecule has 28 heavy (non-hydrogen) atoms. The molecular formula is C18H25ClN6O3. The second kappa shape index (κ2) is 8.74. The van der Waals surface area contributed by atoms with Crippen molar-refractivity contribution < 1.29 is 14.3 Å². The lowest BCUT2D eigenvalue weighted by atomic mass is 10.2. The third-order valence-corrected chi connectivity index (χ3v) is 5.30. The van der Waals surface area contributed by atoms with Crippen LogP contribution in [0.3, 0.4) is 0 Å². The summed E-state index contributed by atoms with van der Waals surface area (Å²) in [6.07, 6.45) is 1.73. The van der Waals surface area contributed by atoms with Crippen molar-refractivity contribution >= 4 is 29.1 Å². The molecule has 152 valence electrons. The predicted octanol–water partition coefficient (Wildman–Crippen LogP) is 1.87. The molecule has 1 fully saturated rings. The molecule has 0 aromatic carbocycles. The zero-order valence-electron chi connectivity index (χ0n) is 16.4. The van der Waals surface area contributed by atoms with E-state index in [1.165, 1.54) is 6.20 Å². The molecule has 2 aromatic rings. The van der Waals surface area contributed by atoms with Crippen molar-refractivity contribution in [3.63, 3.8) is 0 Å². The third kappa shape index (κ3) is 4.20. The molecule has 10 heteroatoms. The fraction of sp³-hybridized carbons (Fsp3) is 0.556. The van der Waals surface area contributed by atoms with Gasteiger partial charge < -0.3 is 15.0 Å². The van der Waals surface area contributed by atoms with Gasteiger partial charge >= 0.3 is 0 Å². The van der Waals surface area contributed by atoms with Gasteiger partial charge in [0.15, 0.2) is 0 Å². The number of carbonyl (C=O) groups excluding carboxylic acids is 2. The molecule has 1 saturated heterocycles. The Morgan fingerprint density at radius 2 is 1.96 bits per heavy atom. The van der Waals surface area contributed by atoms with E-state index in [0.717, 1.165) is 11.4 Å². The molecule has 0 spiro atoms. The first-order chi connectivity index (χ1) is 13.4. The number of amides is 2. The molecule has 1 aliphatic heterocycles. The number of aromatic nitrogens is 4. The minimum absolute atomic E-state index is 0.150. The lowest BCUT2D eigenvalue weighted by Crippen LogP contribution is -2.41. The van der Waals surface area contributed by atoms with E-state index in [4.69, 9.17) is 16.3 Å². The van der Waals surface area contributed by atoms with Crippen LogP contribution in [0.5, 0.6) is 0 Å². The summed E-state index contributed by atoms with van der Waals surface area (Å²) in [5.41, 5.74) is 2.39. The summed E-state index contributed by atoms with van der Waals surface area (Å²) in [5.74, 6) is -0.362. The molecular weight excluding hydrogens is 384 g/mol. The third-order valence-electron chi connectivity index (χ3n) is 4.76. The Hall–Kier alpha value is -2.39.